The number of halogens is 1. The first kappa shape index (κ1) is 19.3. The van der Waals surface area contributed by atoms with E-state index in [4.69, 9.17) is 0 Å². The van der Waals surface area contributed by atoms with Crippen molar-refractivity contribution in [2.45, 2.75) is 0 Å². The molecule has 3 aromatic rings. The van der Waals surface area contributed by atoms with Gasteiger partial charge in [-0.05, 0) is 82.2 Å². The van der Waals surface area contributed by atoms with Crippen LogP contribution in [0.15, 0.2) is 82.4 Å². The van der Waals surface area contributed by atoms with Gasteiger partial charge in [-0.1, -0.05) is 12.1 Å². The molecule has 0 fully saturated rings. The molecule has 6 nitrogen and oxygen atoms in total. The van der Waals surface area contributed by atoms with Crippen molar-refractivity contribution < 1.29 is 14.7 Å². The maximum Gasteiger partial charge on any atom is 0.271 e. The van der Waals surface area contributed by atoms with E-state index in [0.717, 1.165) is 5.56 Å². The number of nitrogens with one attached hydrogen (secondary N) is 2. The minimum atomic E-state index is -0.376. The molecule has 0 saturated carbocycles. The number of rotatable bonds is 5. The number of carbonyl (C=O) groups excluding carboxylic acids is 2. The molecule has 0 aliphatic rings. The van der Waals surface area contributed by atoms with Gasteiger partial charge in [0.2, 0.25) is 0 Å². The van der Waals surface area contributed by atoms with E-state index in [1.807, 2.05) is 6.07 Å². The van der Waals surface area contributed by atoms with Crippen LogP contribution in [0.25, 0.3) is 0 Å². The van der Waals surface area contributed by atoms with E-state index in [9.17, 15) is 14.7 Å². The van der Waals surface area contributed by atoms with E-state index in [2.05, 4.69) is 31.8 Å². The van der Waals surface area contributed by atoms with Gasteiger partial charge < -0.3 is 10.4 Å². The van der Waals surface area contributed by atoms with Crippen molar-refractivity contribution >= 4 is 39.6 Å². The Balaban J connectivity index is 1.59. The highest BCUT2D eigenvalue weighted by atomic mass is 79.9. The van der Waals surface area contributed by atoms with Crippen LogP contribution in [0, 0.1) is 0 Å². The van der Waals surface area contributed by atoms with Gasteiger partial charge in [0, 0.05) is 15.7 Å². The molecule has 0 radical (unpaired) electrons. The Bertz CT molecular complexity index is 1020. The van der Waals surface area contributed by atoms with E-state index in [1.165, 1.54) is 18.3 Å². The molecule has 3 aromatic carbocycles. The molecule has 0 aliphatic carbocycles. The highest BCUT2D eigenvalue weighted by Crippen LogP contribution is 2.18. The number of carbonyl (C=O) groups is 2. The molecular formula is C21H16BrN3O3. The normalized spacial score (nSPS) is 10.6. The molecule has 7 heteroatoms. The summed E-state index contributed by atoms with van der Waals surface area (Å²) in [4.78, 5) is 24.4. The highest BCUT2D eigenvalue weighted by molar-refractivity contribution is 9.10. The SMILES string of the molecule is O=C(N/N=C/c1ccc(O)cc1)c1ccc(NC(=O)c2ccccc2Br)cc1. The zero-order valence-corrected chi connectivity index (χ0v) is 16.2. The van der Waals surface area contributed by atoms with Crippen LogP contribution in [0.1, 0.15) is 26.3 Å². The van der Waals surface area contributed by atoms with E-state index >= 15 is 0 Å². The molecule has 0 bridgehead atoms. The summed E-state index contributed by atoms with van der Waals surface area (Å²) in [7, 11) is 0. The van der Waals surface area contributed by atoms with Crippen LogP contribution < -0.4 is 10.7 Å². The minimum Gasteiger partial charge on any atom is -0.508 e. The Hall–Kier alpha value is -3.45. The van der Waals surface area contributed by atoms with Gasteiger partial charge in [-0.15, -0.1) is 0 Å². The van der Waals surface area contributed by atoms with Crippen LogP contribution in [-0.2, 0) is 0 Å². The summed E-state index contributed by atoms with van der Waals surface area (Å²) in [5.41, 5.74) is 4.67. The van der Waals surface area contributed by atoms with Gasteiger partial charge in [-0.3, -0.25) is 9.59 Å². The highest BCUT2D eigenvalue weighted by Gasteiger charge is 2.10. The summed E-state index contributed by atoms with van der Waals surface area (Å²) in [6.07, 6.45) is 1.48. The molecule has 0 atom stereocenters. The van der Waals surface area contributed by atoms with E-state index in [-0.39, 0.29) is 17.6 Å². The van der Waals surface area contributed by atoms with Gasteiger partial charge >= 0.3 is 0 Å². The van der Waals surface area contributed by atoms with Gasteiger partial charge in [0.05, 0.1) is 11.8 Å². The lowest BCUT2D eigenvalue weighted by Crippen LogP contribution is -2.18. The molecule has 28 heavy (non-hydrogen) atoms. The van der Waals surface area contributed by atoms with Gasteiger partial charge in [0.25, 0.3) is 11.8 Å². The molecule has 0 spiro atoms. The Morgan fingerprint density at radius 1 is 0.893 bits per heavy atom. The van der Waals surface area contributed by atoms with Gasteiger partial charge in [-0.2, -0.15) is 5.10 Å². The van der Waals surface area contributed by atoms with Crippen LogP contribution in [0.5, 0.6) is 5.75 Å². The second-order valence-corrected chi connectivity index (χ2v) is 6.66. The average molecular weight is 438 g/mol. The molecule has 0 unspecified atom stereocenters. The lowest BCUT2D eigenvalue weighted by molar-refractivity contribution is 0.0954. The zero-order chi connectivity index (χ0) is 19.9. The van der Waals surface area contributed by atoms with Crippen LogP contribution in [-0.4, -0.2) is 23.1 Å². The second kappa shape index (κ2) is 8.96. The van der Waals surface area contributed by atoms with Crippen LogP contribution >= 0.6 is 15.9 Å². The lowest BCUT2D eigenvalue weighted by Gasteiger charge is -2.07. The second-order valence-electron chi connectivity index (χ2n) is 5.80. The monoisotopic (exact) mass is 437 g/mol. The fourth-order valence-electron chi connectivity index (χ4n) is 2.34. The third-order valence-electron chi connectivity index (χ3n) is 3.80. The molecule has 0 aromatic heterocycles. The number of anilines is 1. The first-order valence-electron chi connectivity index (χ1n) is 8.31. The Morgan fingerprint density at radius 3 is 2.25 bits per heavy atom. The van der Waals surface area contributed by atoms with E-state index in [1.54, 1.807) is 54.6 Å². The Kier molecular flexibility index (Phi) is 6.18. The van der Waals surface area contributed by atoms with Gasteiger partial charge in [0.15, 0.2) is 0 Å². The number of phenolic OH excluding ortho intramolecular Hbond substituents is 1. The fraction of sp³-hybridized carbons (Fsp3) is 0. The minimum absolute atomic E-state index is 0.160. The molecule has 3 rings (SSSR count). The fourth-order valence-corrected chi connectivity index (χ4v) is 2.80. The van der Waals surface area contributed by atoms with Gasteiger partial charge in [-0.25, -0.2) is 5.43 Å². The summed E-state index contributed by atoms with van der Waals surface area (Å²) in [6.45, 7) is 0. The molecule has 140 valence electrons. The van der Waals surface area contributed by atoms with Crippen LogP contribution in [0.4, 0.5) is 5.69 Å². The van der Waals surface area contributed by atoms with E-state index in [0.29, 0.717) is 21.3 Å². The quantitative estimate of drug-likeness (QED) is 0.413. The maximum atomic E-state index is 12.3. The molecule has 3 N–H and O–H groups in total. The number of amides is 2. The summed E-state index contributed by atoms with van der Waals surface area (Å²) in [5.74, 6) is -0.463. The summed E-state index contributed by atoms with van der Waals surface area (Å²) in [6, 6.07) is 20.0. The van der Waals surface area contributed by atoms with Crippen molar-refractivity contribution in [2.75, 3.05) is 5.32 Å². The largest absolute Gasteiger partial charge is 0.508 e. The van der Waals surface area contributed by atoms with Gasteiger partial charge in [0.1, 0.15) is 5.75 Å². The smallest absolute Gasteiger partial charge is 0.271 e. The maximum absolute atomic E-state index is 12.3. The molecular weight excluding hydrogens is 422 g/mol. The molecule has 0 saturated heterocycles. The van der Waals surface area contributed by atoms with Crippen molar-refractivity contribution in [1.29, 1.82) is 0 Å². The van der Waals surface area contributed by atoms with Crippen molar-refractivity contribution in [1.82, 2.24) is 5.43 Å². The first-order valence-corrected chi connectivity index (χ1v) is 9.10. The van der Waals surface area contributed by atoms with Crippen LogP contribution in [0.2, 0.25) is 0 Å². The average Bonchev–Trinajstić information content (AvgIpc) is 2.70. The third kappa shape index (κ3) is 5.05. The summed E-state index contributed by atoms with van der Waals surface area (Å²) in [5, 5.41) is 15.9. The summed E-state index contributed by atoms with van der Waals surface area (Å²) < 4.78 is 0.704. The number of benzene rings is 3. The number of hydrogen-bond acceptors (Lipinski definition) is 4. The van der Waals surface area contributed by atoms with Crippen LogP contribution in [0.3, 0.4) is 0 Å². The number of nitrogens with zero attached hydrogens (tertiary/aromatic N) is 1. The zero-order valence-electron chi connectivity index (χ0n) is 14.6. The molecule has 2 amide bonds. The third-order valence-corrected chi connectivity index (χ3v) is 4.49. The number of hydrazone groups is 1. The molecule has 0 aliphatic heterocycles. The van der Waals surface area contributed by atoms with Crippen molar-refractivity contribution in [3.63, 3.8) is 0 Å². The van der Waals surface area contributed by atoms with Crippen molar-refractivity contribution in [2.24, 2.45) is 5.10 Å². The summed E-state index contributed by atoms with van der Waals surface area (Å²) >= 11 is 3.35. The predicted octanol–water partition coefficient (Wildman–Crippen LogP) is 4.17. The Morgan fingerprint density at radius 2 is 1.57 bits per heavy atom. The van der Waals surface area contributed by atoms with Crippen molar-refractivity contribution in [3.05, 3.63) is 94.0 Å². The van der Waals surface area contributed by atoms with E-state index < -0.39 is 0 Å². The topological polar surface area (TPSA) is 90.8 Å². The lowest BCUT2D eigenvalue weighted by atomic mass is 10.1. The molecule has 0 heterocycles. The number of hydrogen-bond donors (Lipinski definition) is 3. The standard InChI is InChI=1S/C21H16BrN3O3/c22-19-4-2-1-3-18(19)21(28)24-16-9-7-15(8-10-16)20(27)25-23-13-14-5-11-17(26)12-6-14/h1-13,26H,(H,24,28)(H,25,27)/b23-13+. The first-order chi connectivity index (χ1) is 13.5. The number of phenols is 1. The Labute approximate surface area is 170 Å². The predicted molar refractivity (Wildman–Crippen MR) is 112 cm³/mol. The van der Waals surface area contributed by atoms with Crippen molar-refractivity contribution in [3.8, 4) is 5.75 Å². The number of aromatic hydroxyl groups is 1.